The summed E-state index contributed by atoms with van der Waals surface area (Å²) in [5, 5.41) is 13.9. The summed E-state index contributed by atoms with van der Waals surface area (Å²) >= 11 is 5.19. The van der Waals surface area contributed by atoms with E-state index in [-0.39, 0.29) is 21.9 Å². The second-order valence-electron chi connectivity index (χ2n) is 8.31. The highest BCUT2D eigenvalue weighted by Crippen LogP contribution is 2.25. The highest BCUT2D eigenvalue weighted by Gasteiger charge is 2.34. The molecule has 1 saturated heterocycles. The number of carbonyl (C=O) groups excluding carboxylic acids is 2. The van der Waals surface area contributed by atoms with Crippen molar-refractivity contribution in [3.63, 3.8) is 0 Å². The Bertz CT molecular complexity index is 1590. The van der Waals surface area contributed by atoms with Crippen LogP contribution in [0.3, 0.4) is 0 Å². The van der Waals surface area contributed by atoms with E-state index < -0.39 is 17.8 Å². The van der Waals surface area contributed by atoms with Crippen molar-refractivity contribution in [3.8, 4) is 5.75 Å². The second kappa shape index (κ2) is 10.0. The number of carboxylic acid groups (broad SMARTS) is 1. The summed E-state index contributed by atoms with van der Waals surface area (Å²) in [5.41, 5.74) is 1.80. The van der Waals surface area contributed by atoms with E-state index in [1.165, 1.54) is 24.3 Å². The molecule has 0 radical (unpaired) electrons. The summed E-state index contributed by atoms with van der Waals surface area (Å²) in [5.74, 6) is -1.77. The molecule has 8 heteroatoms. The van der Waals surface area contributed by atoms with Gasteiger partial charge in [0.25, 0.3) is 11.8 Å². The number of benzene rings is 4. The van der Waals surface area contributed by atoms with Crippen molar-refractivity contribution in [1.29, 1.82) is 0 Å². The van der Waals surface area contributed by atoms with E-state index in [4.69, 9.17) is 17.0 Å². The zero-order chi connectivity index (χ0) is 25.9. The number of ether oxygens (including phenoxy) is 1. The van der Waals surface area contributed by atoms with Crippen molar-refractivity contribution >= 4 is 57.6 Å². The number of anilines is 1. The Morgan fingerprint density at radius 3 is 2.46 bits per heavy atom. The van der Waals surface area contributed by atoms with Crippen LogP contribution in [-0.4, -0.2) is 28.0 Å². The zero-order valence-electron chi connectivity index (χ0n) is 19.4. The average molecular weight is 509 g/mol. The van der Waals surface area contributed by atoms with Gasteiger partial charge in [-0.3, -0.25) is 19.8 Å². The molecule has 0 saturated carbocycles. The zero-order valence-corrected chi connectivity index (χ0v) is 20.2. The first kappa shape index (κ1) is 23.9. The van der Waals surface area contributed by atoms with Crippen LogP contribution in [0.15, 0.2) is 96.6 Å². The molecule has 37 heavy (non-hydrogen) atoms. The summed E-state index contributed by atoms with van der Waals surface area (Å²) in [6, 6.07) is 27.0. The van der Waals surface area contributed by atoms with Crippen LogP contribution in [0.1, 0.15) is 21.5 Å². The molecule has 0 aromatic heterocycles. The van der Waals surface area contributed by atoms with Crippen LogP contribution in [0.4, 0.5) is 5.69 Å². The predicted octanol–water partition coefficient (Wildman–Crippen LogP) is 4.95. The van der Waals surface area contributed by atoms with Crippen LogP contribution in [0.5, 0.6) is 5.75 Å². The summed E-state index contributed by atoms with van der Waals surface area (Å²) in [7, 11) is 0. The number of carbonyl (C=O) groups is 3. The first-order valence-electron chi connectivity index (χ1n) is 11.3. The molecule has 4 aromatic rings. The highest BCUT2D eigenvalue weighted by molar-refractivity contribution is 7.80. The largest absolute Gasteiger partial charge is 0.489 e. The van der Waals surface area contributed by atoms with E-state index >= 15 is 0 Å². The maximum absolute atomic E-state index is 13.2. The van der Waals surface area contributed by atoms with Crippen LogP contribution in [-0.2, 0) is 16.2 Å². The SMILES string of the molecule is O=C1NC(=S)N(c2cccc(C(=O)O)c2)C(=O)C1=Cc1ccc(OCc2cccc3ccccc23)cc1. The molecular formula is C29H20N2O5S. The van der Waals surface area contributed by atoms with E-state index in [9.17, 15) is 19.5 Å². The molecule has 1 heterocycles. The number of amides is 2. The van der Waals surface area contributed by atoms with Crippen LogP contribution in [0.25, 0.3) is 16.8 Å². The summed E-state index contributed by atoms with van der Waals surface area (Å²) in [6.45, 7) is 0.393. The lowest BCUT2D eigenvalue weighted by atomic mass is 10.1. The molecule has 1 fully saturated rings. The van der Waals surface area contributed by atoms with Crippen molar-refractivity contribution < 1.29 is 24.2 Å². The summed E-state index contributed by atoms with van der Waals surface area (Å²) in [4.78, 5) is 38.2. The molecule has 5 rings (SSSR count). The summed E-state index contributed by atoms with van der Waals surface area (Å²) < 4.78 is 5.97. The number of carboxylic acids is 1. The fraction of sp³-hybridized carbons (Fsp3) is 0.0345. The van der Waals surface area contributed by atoms with E-state index in [1.807, 2.05) is 24.3 Å². The number of nitrogens with zero attached hydrogens (tertiary/aromatic N) is 1. The number of thiocarbonyl (C=S) groups is 1. The minimum absolute atomic E-state index is 0.00498. The Morgan fingerprint density at radius 1 is 0.946 bits per heavy atom. The third-order valence-electron chi connectivity index (χ3n) is 5.92. The van der Waals surface area contributed by atoms with Gasteiger partial charge in [0.2, 0.25) is 0 Å². The molecule has 0 aliphatic carbocycles. The molecule has 0 atom stereocenters. The molecule has 0 unspecified atom stereocenters. The highest BCUT2D eigenvalue weighted by atomic mass is 32.1. The summed E-state index contributed by atoms with van der Waals surface area (Å²) in [6.07, 6.45) is 1.46. The monoisotopic (exact) mass is 508 g/mol. The van der Waals surface area contributed by atoms with Gasteiger partial charge in [0.1, 0.15) is 17.9 Å². The maximum Gasteiger partial charge on any atom is 0.335 e. The number of fused-ring (bicyclic) bond motifs is 1. The molecule has 7 nitrogen and oxygen atoms in total. The molecule has 2 N–H and O–H groups in total. The normalized spacial score (nSPS) is 14.6. The Kier molecular flexibility index (Phi) is 6.49. The van der Waals surface area contributed by atoms with Crippen molar-refractivity contribution in [2.45, 2.75) is 6.61 Å². The van der Waals surface area contributed by atoms with Crippen molar-refractivity contribution in [3.05, 3.63) is 113 Å². The number of rotatable bonds is 6. The second-order valence-corrected chi connectivity index (χ2v) is 8.70. The standard InChI is InChI=1S/C29H20N2O5S/c32-26-25(27(33)31(29(37)30-26)22-9-4-7-20(16-22)28(34)35)15-18-11-13-23(14-12-18)36-17-21-8-3-6-19-5-1-2-10-24(19)21/h1-16H,17H2,(H,34,35)(H,30,32,37). The molecule has 0 bridgehead atoms. The van der Waals surface area contributed by atoms with Crippen molar-refractivity contribution in [2.75, 3.05) is 4.90 Å². The van der Waals surface area contributed by atoms with Crippen molar-refractivity contribution in [2.24, 2.45) is 0 Å². The number of aromatic carboxylic acids is 1. The minimum atomic E-state index is -1.14. The van der Waals surface area contributed by atoms with E-state index in [0.717, 1.165) is 21.2 Å². The Balaban J connectivity index is 1.35. The maximum atomic E-state index is 13.2. The Morgan fingerprint density at radius 2 is 1.68 bits per heavy atom. The molecule has 1 aliphatic heterocycles. The predicted molar refractivity (Wildman–Crippen MR) is 144 cm³/mol. The van der Waals surface area contributed by atoms with Gasteiger partial charge in [-0.2, -0.15) is 0 Å². The van der Waals surface area contributed by atoms with E-state index in [1.54, 1.807) is 30.3 Å². The smallest absolute Gasteiger partial charge is 0.335 e. The van der Waals surface area contributed by atoms with Gasteiger partial charge in [-0.15, -0.1) is 0 Å². The number of hydrogen-bond donors (Lipinski definition) is 2. The lowest BCUT2D eigenvalue weighted by molar-refractivity contribution is -0.122. The lowest BCUT2D eigenvalue weighted by Gasteiger charge is -2.29. The van der Waals surface area contributed by atoms with E-state index in [0.29, 0.717) is 17.9 Å². The molecule has 182 valence electrons. The van der Waals surface area contributed by atoms with Crippen LogP contribution < -0.4 is 15.0 Å². The number of nitrogens with one attached hydrogen (secondary N) is 1. The Labute approximate surface area is 217 Å². The fourth-order valence-corrected chi connectivity index (χ4v) is 4.36. The first-order valence-corrected chi connectivity index (χ1v) is 11.8. The van der Waals surface area contributed by atoms with Gasteiger partial charge in [-0.1, -0.05) is 60.7 Å². The van der Waals surface area contributed by atoms with Crippen LogP contribution in [0, 0.1) is 0 Å². The van der Waals surface area contributed by atoms with Gasteiger partial charge < -0.3 is 9.84 Å². The molecular weight excluding hydrogens is 488 g/mol. The fourth-order valence-electron chi connectivity index (χ4n) is 4.08. The number of hydrogen-bond acceptors (Lipinski definition) is 5. The molecule has 1 aliphatic rings. The topological polar surface area (TPSA) is 95.9 Å². The van der Waals surface area contributed by atoms with Gasteiger partial charge >= 0.3 is 5.97 Å². The lowest BCUT2D eigenvalue weighted by Crippen LogP contribution is -2.54. The van der Waals surface area contributed by atoms with Gasteiger partial charge in [-0.25, -0.2) is 4.79 Å². The average Bonchev–Trinajstić information content (AvgIpc) is 2.90. The minimum Gasteiger partial charge on any atom is -0.489 e. The molecule has 4 aromatic carbocycles. The van der Waals surface area contributed by atoms with Gasteiger partial charge in [-0.05, 0) is 70.5 Å². The third-order valence-corrected chi connectivity index (χ3v) is 6.20. The van der Waals surface area contributed by atoms with Crippen molar-refractivity contribution in [1.82, 2.24) is 5.32 Å². The van der Waals surface area contributed by atoms with Gasteiger partial charge in [0, 0.05) is 0 Å². The van der Waals surface area contributed by atoms with Crippen LogP contribution in [0.2, 0.25) is 0 Å². The van der Waals surface area contributed by atoms with E-state index in [2.05, 4.69) is 23.5 Å². The van der Waals surface area contributed by atoms with Crippen LogP contribution >= 0.6 is 12.2 Å². The van der Waals surface area contributed by atoms with Gasteiger partial charge in [0.15, 0.2) is 5.11 Å². The molecule has 0 spiro atoms. The van der Waals surface area contributed by atoms with Gasteiger partial charge in [0.05, 0.1) is 11.3 Å². The first-order chi connectivity index (χ1) is 17.9. The third kappa shape index (κ3) is 4.96. The quantitative estimate of drug-likeness (QED) is 0.217. The molecule has 2 amide bonds. The Hall–Kier alpha value is -4.82.